The zero-order valence-electron chi connectivity index (χ0n) is 18.6. The summed E-state index contributed by atoms with van der Waals surface area (Å²) in [5, 5.41) is 0. The van der Waals surface area contributed by atoms with E-state index in [-0.39, 0.29) is 33.4 Å². The molecular weight excluding hydrogens is 440 g/mol. The minimum Gasteiger partial charge on any atom is -0.379 e. The Balaban J connectivity index is 1.84. The van der Waals surface area contributed by atoms with Crippen molar-refractivity contribution >= 4 is 19.7 Å². The van der Waals surface area contributed by atoms with Gasteiger partial charge in [-0.2, -0.15) is 0 Å². The maximum absolute atomic E-state index is 13.3. The molecule has 31 heavy (non-hydrogen) atoms. The molecule has 0 spiro atoms. The van der Waals surface area contributed by atoms with Crippen LogP contribution in [-0.2, 0) is 29.1 Å². The van der Waals surface area contributed by atoms with Crippen molar-refractivity contribution in [1.82, 2.24) is 9.80 Å². The van der Waals surface area contributed by atoms with Crippen molar-refractivity contribution in [3.05, 3.63) is 23.8 Å². The fraction of sp³-hybridized carbons (Fsp3) is 0.714. The Morgan fingerprint density at radius 2 is 1.19 bits per heavy atom. The summed E-state index contributed by atoms with van der Waals surface area (Å²) in [6, 6.07) is 4.16. The monoisotopic (exact) mass is 474 g/mol. The van der Waals surface area contributed by atoms with Crippen LogP contribution in [0.25, 0.3) is 0 Å². The molecule has 2 aliphatic rings. The second-order valence-corrected chi connectivity index (χ2v) is 12.5. The molecule has 1 aromatic carbocycles. The van der Waals surface area contributed by atoms with E-state index in [1.165, 1.54) is 12.1 Å². The number of morpholine rings is 2. The number of ether oxygens (including phenoxy) is 2. The van der Waals surface area contributed by atoms with E-state index >= 15 is 0 Å². The molecule has 10 heteroatoms. The molecule has 0 aromatic heterocycles. The van der Waals surface area contributed by atoms with Gasteiger partial charge in [-0.1, -0.05) is 6.07 Å². The number of rotatable bonds is 8. The van der Waals surface area contributed by atoms with E-state index in [0.717, 1.165) is 5.56 Å². The molecule has 176 valence electrons. The standard InChI is InChI=1S/C21H34N2O6S2/c1-17-4-5-20(30(24,25)15-18(2)22-6-10-28-11-7-22)21(14-17)31(26,27)16-19(3)23-8-12-29-13-9-23/h4-5,14,18-19H,6-13,15-16H2,1-3H3/t18-,19+/m1/s1. The van der Waals surface area contributed by atoms with Crippen molar-refractivity contribution in [2.24, 2.45) is 0 Å². The van der Waals surface area contributed by atoms with Crippen molar-refractivity contribution in [2.45, 2.75) is 42.6 Å². The summed E-state index contributed by atoms with van der Waals surface area (Å²) >= 11 is 0. The van der Waals surface area contributed by atoms with Crippen LogP contribution in [-0.4, -0.2) is 103 Å². The highest BCUT2D eigenvalue weighted by Crippen LogP contribution is 2.27. The molecule has 8 nitrogen and oxygen atoms in total. The third-order valence-electron chi connectivity index (χ3n) is 6.03. The third kappa shape index (κ3) is 6.27. The average molecular weight is 475 g/mol. The minimum absolute atomic E-state index is 0.0817. The van der Waals surface area contributed by atoms with Crippen LogP contribution >= 0.6 is 0 Å². The van der Waals surface area contributed by atoms with E-state index in [4.69, 9.17) is 9.47 Å². The van der Waals surface area contributed by atoms with Crippen LogP contribution in [0.5, 0.6) is 0 Å². The van der Waals surface area contributed by atoms with Crippen molar-refractivity contribution in [3.63, 3.8) is 0 Å². The Hall–Kier alpha value is -1.04. The molecule has 3 rings (SSSR count). The highest BCUT2D eigenvalue weighted by molar-refractivity contribution is 7.94. The Labute approximate surface area is 186 Å². The Bertz CT molecular complexity index is 952. The molecule has 0 N–H and O–H groups in total. The zero-order chi connectivity index (χ0) is 22.6. The summed E-state index contributed by atoms with van der Waals surface area (Å²) in [5.41, 5.74) is 0.720. The first kappa shape index (κ1) is 24.6. The van der Waals surface area contributed by atoms with Crippen LogP contribution in [0.3, 0.4) is 0 Å². The lowest BCUT2D eigenvalue weighted by Gasteiger charge is -2.32. The van der Waals surface area contributed by atoms with Crippen molar-refractivity contribution in [1.29, 1.82) is 0 Å². The molecule has 0 aliphatic carbocycles. The average Bonchev–Trinajstić information content (AvgIpc) is 2.74. The summed E-state index contributed by atoms with van der Waals surface area (Å²) in [5.74, 6) is -0.254. The van der Waals surface area contributed by atoms with Crippen molar-refractivity contribution < 1.29 is 26.3 Å². The Morgan fingerprint density at radius 3 is 1.65 bits per heavy atom. The molecule has 0 radical (unpaired) electrons. The van der Waals surface area contributed by atoms with Crippen LogP contribution in [0.4, 0.5) is 0 Å². The van der Waals surface area contributed by atoms with Gasteiger partial charge in [0.05, 0.1) is 47.7 Å². The van der Waals surface area contributed by atoms with Crippen LogP contribution in [0.1, 0.15) is 19.4 Å². The van der Waals surface area contributed by atoms with Gasteiger partial charge in [0.2, 0.25) is 0 Å². The normalized spacial score (nSPS) is 21.6. The largest absolute Gasteiger partial charge is 0.379 e. The molecule has 2 heterocycles. The fourth-order valence-electron chi connectivity index (χ4n) is 4.18. The summed E-state index contributed by atoms with van der Waals surface area (Å²) in [6.45, 7) is 10.5. The lowest BCUT2D eigenvalue weighted by molar-refractivity contribution is 0.0243. The fourth-order valence-corrected chi connectivity index (χ4v) is 8.37. The molecule has 0 unspecified atom stereocenters. The topological polar surface area (TPSA) is 93.2 Å². The van der Waals surface area contributed by atoms with E-state index in [2.05, 4.69) is 9.80 Å². The van der Waals surface area contributed by atoms with Crippen LogP contribution < -0.4 is 0 Å². The van der Waals surface area contributed by atoms with Gasteiger partial charge in [-0.25, -0.2) is 16.8 Å². The number of aryl methyl sites for hydroxylation is 1. The van der Waals surface area contributed by atoms with Gasteiger partial charge in [-0.3, -0.25) is 9.80 Å². The predicted molar refractivity (Wildman–Crippen MR) is 119 cm³/mol. The van der Waals surface area contributed by atoms with E-state index in [1.807, 2.05) is 13.8 Å². The first-order valence-electron chi connectivity index (χ1n) is 10.8. The van der Waals surface area contributed by atoms with Gasteiger partial charge in [0.25, 0.3) is 0 Å². The Morgan fingerprint density at radius 1 is 0.774 bits per heavy atom. The molecule has 2 atom stereocenters. The number of hydrogen-bond donors (Lipinski definition) is 0. The molecule has 0 bridgehead atoms. The number of sulfone groups is 2. The summed E-state index contributed by atoms with van der Waals surface area (Å²) in [6.07, 6.45) is 0. The number of benzene rings is 1. The number of nitrogens with zero attached hydrogens (tertiary/aromatic N) is 2. The van der Waals surface area contributed by atoms with Gasteiger partial charge in [0.1, 0.15) is 0 Å². The maximum Gasteiger partial charge on any atom is 0.181 e. The van der Waals surface area contributed by atoms with E-state index in [1.54, 1.807) is 13.0 Å². The first-order valence-corrected chi connectivity index (χ1v) is 14.1. The van der Waals surface area contributed by atoms with Crippen LogP contribution in [0.2, 0.25) is 0 Å². The maximum atomic E-state index is 13.3. The zero-order valence-corrected chi connectivity index (χ0v) is 20.3. The Kier molecular flexibility index (Phi) is 8.15. The van der Waals surface area contributed by atoms with E-state index in [0.29, 0.717) is 52.6 Å². The SMILES string of the molecule is Cc1ccc(S(=O)(=O)C[C@@H](C)N2CCOCC2)c(S(=O)(=O)C[C@H](C)N2CCOCC2)c1. The van der Waals surface area contributed by atoms with Crippen LogP contribution in [0.15, 0.2) is 28.0 Å². The van der Waals surface area contributed by atoms with Gasteiger partial charge >= 0.3 is 0 Å². The summed E-state index contributed by atoms with van der Waals surface area (Å²) < 4.78 is 64.0. The molecule has 0 saturated carbocycles. The lowest BCUT2D eigenvalue weighted by atomic mass is 10.2. The highest BCUT2D eigenvalue weighted by atomic mass is 32.2. The second kappa shape index (κ2) is 10.3. The first-order chi connectivity index (χ1) is 14.6. The molecular formula is C21H34N2O6S2. The summed E-state index contributed by atoms with van der Waals surface area (Å²) in [4.78, 5) is 3.98. The molecule has 2 fully saturated rings. The molecule has 1 aromatic rings. The van der Waals surface area contributed by atoms with Gasteiger partial charge in [0, 0.05) is 38.3 Å². The number of hydrogen-bond acceptors (Lipinski definition) is 8. The van der Waals surface area contributed by atoms with E-state index < -0.39 is 19.7 Å². The molecule has 2 aliphatic heterocycles. The van der Waals surface area contributed by atoms with Gasteiger partial charge in [-0.05, 0) is 38.5 Å². The highest BCUT2D eigenvalue weighted by Gasteiger charge is 2.32. The van der Waals surface area contributed by atoms with Crippen LogP contribution in [0, 0.1) is 6.92 Å². The quantitative estimate of drug-likeness (QED) is 0.551. The van der Waals surface area contributed by atoms with Gasteiger partial charge in [-0.15, -0.1) is 0 Å². The van der Waals surface area contributed by atoms with Crippen molar-refractivity contribution in [3.8, 4) is 0 Å². The molecule has 2 saturated heterocycles. The lowest BCUT2D eigenvalue weighted by Crippen LogP contribution is -2.45. The van der Waals surface area contributed by atoms with Gasteiger partial charge in [0.15, 0.2) is 19.7 Å². The smallest absolute Gasteiger partial charge is 0.181 e. The predicted octanol–water partition coefficient (Wildman–Crippen LogP) is 0.984. The molecule has 0 amide bonds. The van der Waals surface area contributed by atoms with Gasteiger partial charge < -0.3 is 9.47 Å². The van der Waals surface area contributed by atoms with E-state index in [9.17, 15) is 16.8 Å². The van der Waals surface area contributed by atoms with Crippen molar-refractivity contribution in [2.75, 3.05) is 64.1 Å². The summed E-state index contributed by atoms with van der Waals surface area (Å²) in [7, 11) is -7.60. The minimum atomic E-state index is -3.80. The third-order valence-corrected chi connectivity index (χ3v) is 10.0. The second-order valence-electron chi connectivity index (χ2n) is 8.51.